The summed E-state index contributed by atoms with van der Waals surface area (Å²) in [5.74, 6) is 2.34. The number of benzene rings is 1. The second kappa shape index (κ2) is 6.86. The summed E-state index contributed by atoms with van der Waals surface area (Å²) in [6.07, 6.45) is 4.10. The molecular weight excluding hydrogens is 286 g/mol. The summed E-state index contributed by atoms with van der Waals surface area (Å²) in [6, 6.07) is 10.2. The van der Waals surface area contributed by atoms with Crippen LogP contribution in [0.15, 0.2) is 36.7 Å². The highest BCUT2D eigenvalue weighted by Crippen LogP contribution is 2.34. The standard InChI is InChI=1S/C18H25N5/c1-3-23(15-9-5-4-6-10-15)18-16(19)17(20-13-21-18)22-11-7-8-14(2)12-22/h4-6,9-10,13-14H,3,7-8,11-12,19H2,1-2H3. The van der Waals surface area contributed by atoms with Crippen LogP contribution in [0.5, 0.6) is 0 Å². The van der Waals surface area contributed by atoms with Crippen molar-refractivity contribution in [1.29, 1.82) is 0 Å². The molecule has 5 nitrogen and oxygen atoms in total. The molecule has 5 heteroatoms. The first-order chi connectivity index (χ1) is 11.2. The lowest BCUT2D eigenvalue weighted by molar-refractivity contribution is 0.445. The van der Waals surface area contributed by atoms with Gasteiger partial charge in [-0.3, -0.25) is 0 Å². The van der Waals surface area contributed by atoms with E-state index in [2.05, 4.69) is 45.7 Å². The van der Waals surface area contributed by atoms with Gasteiger partial charge in [0.15, 0.2) is 11.6 Å². The van der Waals surface area contributed by atoms with Gasteiger partial charge in [-0.2, -0.15) is 0 Å². The van der Waals surface area contributed by atoms with Crippen LogP contribution in [0.1, 0.15) is 26.7 Å². The van der Waals surface area contributed by atoms with Crippen molar-refractivity contribution in [2.24, 2.45) is 5.92 Å². The maximum absolute atomic E-state index is 6.47. The molecule has 0 amide bonds. The summed E-state index contributed by atoms with van der Waals surface area (Å²) in [5.41, 5.74) is 8.23. The second-order valence-corrected chi connectivity index (χ2v) is 6.21. The largest absolute Gasteiger partial charge is 0.393 e. The SMILES string of the molecule is CCN(c1ccccc1)c1ncnc(N2CCCC(C)C2)c1N. The van der Waals surface area contributed by atoms with Gasteiger partial charge in [-0.25, -0.2) is 9.97 Å². The van der Waals surface area contributed by atoms with Gasteiger partial charge in [0, 0.05) is 25.3 Å². The number of nitrogens with two attached hydrogens (primary N) is 1. The van der Waals surface area contributed by atoms with E-state index in [1.807, 2.05) is 18.2 Å². The molecule has 3 rings (SSSR count). The maximum Gasteiger partial charge on any atom is 0.161 e. The van der Waals surface area contributed by atoms with Crippen LogP contribution in [0.2, 0.25) is 0 Å². The highest BCUT2D eigenvalue weighted by Gasteiger charge is 2.23. The van der Waals surface area contributed by atoms with Crippen molar-refractivity contribution in [2.75, 3.05) is 35.2 Å². The van der Waals surface area contributed by atoms with Crippen molar-refractivity contribution in [3.8, 4) is 0 Å². The number of hydrogen-bond donors (Lipinski definition) is 1. The molecule has 0 aliphatic carbocycles. The average Bonchev–Trinajstić information content (AvgIpc) is 2.58. The van der Waals surface area contributed by atoms with Crippen molar-refractivity contribution >= 4 is 23.0 Å². The molecule has 0 spiro atoms. The molecule has 2 N–H and O–H groups in total. The molecule has 1 aliphatic heterocycles. The Labute approximate surface area is 138 Å². The first kappa shape index (κ1) is 15.6. The Morgan fingerprint density at radius 2 is 2.04 bits per heavy atom. The minimum absolute atomic E-state index is 0.673. The zero-order valence-electron chi connectivity index (χ0n) is 13.9. The average molecular weight is 311 g/mol. The topological polar surface area (TPSA) is 58.3 Å². The summed E-state index contributed by atoms with van der Waals surface area (Å²) in [5, 5.41) is 0. The Hall–Kier alpha value is -2.30. The molecule has 1 aromatic heterocycles. The fourth-order valence-electron chi connectivity index (χ4n) is 3.29. The van der Waals surface area contributed by atoms with Gasteiger partial charge in [-0.1, -0.05) is 25.1 Å². The monoisotopic (exact) mass is 311 g/mol. The Morgan fingerprint density at radius 1 is 1.26 bits per heavy atom. The van der Waals surface area contributed by atoms with Crippen molar-refractivity contribution in [3.63, 3.8) is 0 Å². The zero-order chi connectivity index (χ0) is 16.2. The number of aromatic nitrogens is 2. The minimum atomic E-state index is 0.673. The Morgan fingerprint density at radius 3 is 2.74 bits per heavy atom. The fourth-order valence-corrected chi connectivity index (χ4v) is 3.29. The van der Waals surface area contributed by atoms with Gasteiger partial charge in [0.2, 0.25) is 0 Å². The van der Waals surface area contributed by atoms with E-state index in [9.17, 15) is 0 Å². The van der Waals surface area contributed by atoms with Gasteiger partial charge < -0.3 is 15.5 Å². The smallest absolute Gasteiger partial charge is 0.161 e. The molecule has 1 saturated heterocycles. The first-order valence-corrected chi connectivity index (χ1v) is 8.38. The van der Waals surface area contributed by atoms with Crippen LogP contribution in [-0.2, 0) is 0 Å². The third kappa shape index (κ3) is 3.23. The van der Waals surface area contributed by atoms with Crippen LogP contribution < -0.4 is 15.5 Å². The maximum atomic E-state index is 6.47. The molecule has 1 atom stereocenters. The predicted molar refractivity (Wildman–Crippen MR) is 96.2 cm³/mol. The Bertz CT molecular complexity index is 643. The van der Waals surface area contributed by atoms with E-state index in [0.29, 0.717) is 11.6 Å². The number of nitrogens with zero attached hydrogens (tertiary/aromatic N) is 4. The van der Waals surface area contributed by atoms with E-state index in [1.54, 1.807) is 6.33 Å². The highest BCUT2D eigenvalue weighted by atomic mass is 15.3. The highest BCUT2D eigenvalue weighted by molar-refractivity contribution is 5.79. The van der Waals surface area contributed by atoms with Gasteiger partial charge in [0.05, 0.1) is 0 Å². The van der Waals surface area contributed by atoms with Gasteiger partial charge in [0.1, 0.15) is 12.0 Å². The number of hydrogen-bond acceptors (Lipinski definition) is 5. The van der Waals surface area contributed by atoms with Crippen LogP contribution in [0.25, 0.3) is 0 Å². The lowest BCUT2D eigenvalue weighted by Gasteiger charge is -2.33. The van der Waals surface area contributed by atoms with Gasteiger partial charge in [-0.15, -0.1) is 0 Å². The molecule has 1 fully saturated rings. The molecule has 1 aromatic carbocycles. The van der Waals surface area contributed by atoms with Crippen LogP contribution in [0, 0.1) is 5.92 Å². The van der Waals surface area contributed by atoms with E-state index in [1.165, 1.54) is 12.8 Å². The summed E-state index contributed by atoms with van der Waals surface area (Å²) in [4.78, 5) is 13.4. The van der Waals surface area contributed by atoms with Crippen LogP contribution >= 0.6 is 0 Å². The van der Waals surface area contributed by atoms with Crippen LogP contribution in [0.3, 0.4) is 0 Å². The molecule has 2 aromatic rings. The van der Waals surface area contributed by atoms with E-state index in [-0.39, 0.29) is 0 Å². The Kier molecular flexibility index (Phi) is 4.65. The molecule has 1 unspecified atom stereocenters. The molecule has 1 aliphatic rings. The molecule has 0 bridgehead atoms. The normalized spacial score (nSPS) is 18.0. The molecule has 23 heavy (non-hydrogen) atoms. The molecule has 122 valence electrons. The number of piperidine rings is 1. The molecule has 0 saturated carbocycles. The third-order valence-electron chi connectivity index (χ3n) is 4.44. The van der Waals surface area contributed by atoms with Crippen LogP contribution in [-0.4, -0.2) is 29.6 Å². The van der Waals surface area contributed by atoms with Crippen molar-refractivity contribution < 1.29 is 0 Å². The van der Waals surface area contributed by atoms with Crippen LogP contribution in [0.4, 0.5) is 23.0 Å². The summed E-state index contributed by atoms with van der Waals surface area (Å²) >= 11 is 0. The van der Waals surface area contributed by atoms with Crippen molar-refractivity contribution in [3.05, 3.63) is 36.7 Å². The summed E-state index contributed by atoms with van der Waals surface area (Å²) < 4.78 is 0. The predicted octanol–water partition coefficient (Wildman–Crippen LogP) is 3.45. The fraction of sp³-hybridized carbons (Fsp3) is 0.444. The number of para-hydroxylation sites is 1. The van der Waals surface area contributed by atoms with Gasteiger partial charge in [-0.05, 0) is 37.8 Å². The van der Waals surface area contributed by atoms with E-state index in [4.69, 9.17) is 5.73 Å². The van der Waals surface area contributed by atoms with Crippen molar-refractivity contribution in [1.82, 2.24) is 9.97 Å². The molecular formula is C18H25N5. The quantitative estimate of drug-likeness (QED) is 0.937. The minimum Gasteiger partial charge on any atom is -0.393 e. The number of rotatable bonds is 4. The molecule has 2 heterocycles. The number of anilines is 4. The van der Waals surface area contributed by atoms with Gasteiger partial charge in [0.25, 0.3) is 0 Å². The lowest BCUT2D eigenvalue weighted by Crippen LogP contribution is -2.35. The van der Waals surface area contributed by atoms with E-state index in [0.717, 1.165) is 37.0 Å². The van der Waals surface area contributed by atoms with E-state index >= 15 is 0 Å². The number of nitrogen functional groups attached to an aromatic ring is 1. The third-order valence-corrected chi connectivity index (χ3v) is 4.44. The first-order valence-electron chi connectivity index (χ1n) is 8.38. The zero-order valence-corrected chi connectivity index (χ0v) is 13.9. The van der Waals surface area contributed by atoms with Gasteiger partial charge >= 0.3 is 0 Å². The second-order valence-electron chi connectivity index (χ2n) is 6.21. The Balaban J connectivity index is 1.95. The summed E-state index contributed by atoms with van der Waals surface area (Å²) in [6.45, 7) is 7.23. The lowest BCUT2D eigenvalue weighted by atomic mass is 10.0. The van der Waals surface area contributed by atoms with E-state index < -0.39 is 0 Å². The summed E-state index contributed by atoms with van der Waals surface area (Å²) in [7, 11) is 0. The molecule has 0 radical (unpaired) electrons. The van der Waals surface area contributed by atoms with Crippen molar-refractivity contribution in [2.45, 2.75) is 26.7 Å².